The van der Waals surface area contributed by atoms with E-state index < -0.39 is 0 Å². The van der Waals surface area contributed by atoms with E-state index in [4.69, 9.17) is 0 Å². The second-order valence-corrected chi connectivity index (χ2v) is 5.12. The van der Waals surface area contributed by atoms with Gasteiger partial charge in [-0.2, -0.15) is 0 Å². The van der Waals surface area contributed by atoms with Gasteiger partial charge in [0.15, 0.2) is 0 Å². The van der Waals surface area contributed by atoms with Crippen LogP contribution in [0.15, 0.2) is 24.3 Å². The number of hydrogen-bond donors (Lipinski definition) is 2. The Bertz CT molecular complexity index is 416. The molecule has 0 aromatic heterocycles. The van der Waals surface area contributed by atoms with E-state index in [-0.39, 0.29) is 18.3 Å². The third-order valence-corrected chi connectivity index (χ3v) is 3.61. The zero-order valence-electron chi connectivity index (χ0n) is 11.1. The normalized spacial score (nSPS) is 19.1. The van der Waals surface area contributed by atoms with E-state index in [0.29, 0.717) is 17.9 Å². The first-order valence-corrected chi connectivity index (χ1v) is 6.96. The van der Waals surface area contributed by atoms with Crippen molar-refractivity contribution in [3.63, 3.8) is 0 Å². The molecule has 0 aliphatic carbocycles. The van der Waals surface area contributed by atoms with E-state index >= 15 is 0 Å². The predicted octanol–water partition coefficient (Wildman–Crippen LogP) is 2.22. The van der Waals surface area contributed by atoms with Gasteiger partial charge in [-0.25, -0.2) is 4.39 Å². The summed E-state index contributed by atoms with van der Waals surface area (Å²) in [4.78, 5) is 11.7. The van der Waals surface area contributed by atoms with Crippen LogP contribution < -0.4 is 10.6 Å². The monoisotopic (exact) mass is 264 g/mol. The maximum absolute atomic E-state index is 13.4. The minimum atomic E-state index is -0.265. The van der Waals surface area contributed by atoms with Crippen molar-refractivity contribution in [1.29, 1.82) is 0 Å². The molecular weight excluding hydrogens is 243 g/mol. The van der Waals surface area contributed by atoms with Gasteiger partial charge < -0.3 is 10.6 Å². The third-order valence-electron chi connectivity index (χ3n) is 3.61. The average Bonchev–Trinajstić information content (AvgIpc) is 2.45. The van der Waals surface area contributed by atoms with Crippen LogP contribution in [0.25, 0.3) is 0 Å². The molecule has 2 rings (SSSR count). The van der Waals surface area contributed by atoms with Crippen molar-refractivity contribution in [3.05, 3.63) is 35.6 Å². The van der Waals surface area contributed by atoms with Crippen LogP contribution in [0.2, 0.25) is 0 Å². The van der Waals surface area contributed by atoms with E-state index in [2.05, 4.69) is 10.6 Å². The van der Waals surface area contributed by atoms with E-state index in [0.717, 1.165) is 19.5 Å². The molecule has 1 atom stereocenters. The average molecular weight is 264 g/mol. The lowest BCUT2D eigenvalue weighted by atomic mass is 9.94. The fraction of sp³-hybridized carbons (Fsp3) is 0.533. The second-order valence-electron chi connectivity index (χ2n) is 5.12. The van der Waals surface area contributed by atoms with Gasteiger partial charge in [0.2, 0.25) is 5.91 Å². The summed E-state index contributed by atoms with van der Waals surface area (Å²) in [6.45, 7) is 2.38. The zero-order valence-corrected chi connectivity index (χ0v) is 11.1. The van der Waals surface area contributed by atoms with Crippen molar-refractivity contribution in [1.82, 2.24) is 10.6 Å². The largest absolute Gasteiger partial charge is 0.352 e. The zero-order chi connectivity index (χ0) is 13.5. The molecule has 1 heterocycles. The molecular formula is C15H21FN2O. The molecule has 0 spiro atoms. The summed E-state index contributed by atoms with van der Waals surface area (Å²) >= 11 is 0. The molecule has 3 nitrogen and oxygen atoms in total. The summed E-state index contributed by atoms with van der Waals surface area (Å²) in [5, 5.41) is 6.12. The summed E-state index contributed by atoms with van der Waals surface area (Å²) in [7, 11) is 0. The number of piperidine rings is 1. The summed E-state index contributed by atoms with van der Waals surface area (Å²) in [5.41, 5.74) is 0.537. The van der Waals surface area contributed by atoms with Crippen molar-refractivity contribution >= 4 is 5.91 Å². The van der Waals surface area contributed by atoms with Gasteiger partial charge in [0.05, 0.1) is 0 Å². The van der Waals surface area contributed by atoms with Gasteiger partial charge >= 0.3 is 0 Å². The predicted molar refractivity (Wildman–Crippen MR) is 73.1 cm³/mol. The maximum Gasteiger partial charge on any atom is 0.220 e. The van der Waals surface area contributed by atoms with Gasteiger partial charge in [-0.05, 0) is 44.3 Å². The van der Waals surface area contributed by atoms with Gasteiger partial charge in [0.25, 0.3) is 0 Å². The van der Waals surface area contributed by atoms with Gasteiger partial charge in [0, 0.05) is 18.5 Å². The van der Waals surface area contributed by atoms with Crippen molar-refractivity contribution in [2.45, 2.75) is 32.2 Å². The number of carbonyl (C=O) groups excluding carboxylic acids is 1. The van der Waals surface area contributed by atoms with Crippen LogP contribution in [-0.4, -0.2) is 19.0 Å². The molecule has 1 aliphatic heterocycles. The molecule has 19 heavy (non-hydrogen) atoms. The lowest BCUT2D eigenvalue weighted by molar-refractivity contribution is -0.121. The van der Waals surface area contributed by atoms with Crippen LogP contribution in [-0.2, 0) is 11.3 Å². The fourth-order valence-electron chi connectivity index (χ4n) is 2.43. The molecule has 1 aliphatic rings. The lowest BCUT2D eigenvalue weighted by Crippen LogP contribution is -2.31. The van der Waals surface area contributed by atoms with E-state index in [1.54, 1.807) is 18.2 Å². The van der Waals surface area contributed by atoms with E-state index in [9.17, 15) is 9.18 Å². The van der Waals surface area contributed by atoms with E-state index in [1.807, 2.05) is 0 Å². The molecule has 1 saturated heterocycles. The molecule has 1 unspecified atom stereocenters. The Balaban J connectivity index is 1.68. The van der Waals surface area contributed by atoms with Crippen LogP contribution in [0, 0.1) is 11.7 Å². The standard InChI is InChI=1S/C15H21FN2O/c16-14-6-2-1-5-13(14)11-18-15(19)8-7-12-4-3-9-17-10-12/h1-2,5-6,12,17H,3-4,7-11H2,(H,18,19). The first-order chi connectivity index (χ1) is 9.25. The molecule has 104 valence electrons. The minimum absolute atomic E-state index is 0.00817. The smallest absolute Gasteiger partial charge is 0.220 e. The highest BCUT2D eigenvalue weighted by Gasteiger charge is 2.14. The number of benzene rings is 1. The number of carbonyl (C=O) groups is 1. The Labute approximate surface area is 113 Å². The van der Waals surface area contributed by atoms with Gasteiger partial charge in [-0.3, -0.25) is 4.79 Å². The first-order valence-electron chi connectivity index (χ1n) is 6.96. The molecule has 0 saturated carbocycles. The van der Waals surface area contributed by atoms with Gasteiger partial charge in [-0.1, -0.05) is 18.2 Å². The second kappa shape index (κ2) is 7.24. The van der Waals surface area contributed by atoms with Crippen molar-refractivity contribution < 1.29 is 9.18 Å². The molecule has 4 heteroatoms. The molecule has 1 aromatic rings. The molecule has 0 radical (unpaired) electrons. The fourth-order valence-corrected chi connectivity index (χ4v) is 2.43. The number of rotatable bonds is 5. The number of hydrogen-bond acceptors (Lipinski definition) is 2. The van der Waals surface area contributed by atoms with Gasteiger partial charge in [0.1, 0.15) is 5.82 Å². The molecule has 2 N–H and O–H groups in total. The summed E-state index contributed by atoms with van der Waals surface area (Å²) in [6, 6.07) is 6.53. The van der Waals surface area contributed by atoms with Gasteiger partial charge in [-0.15, -0.1) is 0 Å². The molecule has 0 bridgehead atoms. The number of nitrogens with one attached hydrogen (secondary N) is 2. The van der Waals surface area contributed by atoms with E-state index in [1.165, 1.54) is 18.9 Å². The summed E-state index contributed by atoms with van der Waals surface area (Å²) < 4.78 is 13.4. The van der Waals surface area contributed by atoms with Crippen molar-refractivity contribution in [3.8, 4) is 0 Å². The summed E-state index contributed by atoms with van der Waals surface area (Å²) in [5.74, 6) is 0.348. The minimum Gasteiger partial charge on any atom is -0.352 e. The lowest BCUT2D eigenvalue weighted by Gasteiger charge is -2.22. The highest BCUT2D eigenvalue weighted by Crippen LogP contribution is 2.15. The Morgan fingerprint density at radius 3 is 3.00 bits per heavy atom. The van der Waals surface area contributed by atoms with Crippen LogP contribution in [0.1, 0.15) is 31.2 Å². The topological polar surface area (TPSA) is 41.1 Å². The maximum atomic E-state index is 13.4. The highest BCUT2D eigenvalue weighted by molar-refractivity contribution is 5.75. The van der Waals surface area contributed by atoms with Crippen molar-refractivity contribution in [2.24, 2.45) is 5.92 Å². The Morgan fingerprint density at radius 2 is 2.26 bits per heavy atom. The number of halogens is 1. The van der Waals surface area contributed by atoms with Crippen molar-refractivity contribution in [2.75, 3.05) is 13.1 Å². The molecule has 1 fully saturated rings. The highest BCUT2D eigenvalue weighted by atomic mass is 19.1. The SMILES string of the molecule is O=C(CCC1CCCNC1)NCc1ccccc1F. The van der Waals surface area contributed by atoms with Crippen LogP contribution in [0.3, 0.4) is 0 Å². The third kappa shape index (κ3) is 4.63. The first kappa shape index (κ1) is 14.0. The molecule has 1 aromatic carbocycles. The Kier molecular flexibility index (Phi) is 5.33. The van der Waals surface area contributed by atoms with Crippen LogP contribution >= 0.6 is 0 Å². The summed E-state index contributed by atoms with van der Waals surface area (Å²) in [6.07, 6.45) is 3.84. The quantitative estimate of drug-likeness (QED) is 0.856. The Hall–Kier alpha value is -1.42. The van der Waals surface area contributed by atoms with Crippen LogP contribution in [0.5, 0.6) is 0 Å². The Morgan fingerprint density at radius 1 is 1.42 bits per heavy atom. The van der Waals surface area contributed by atoms with Crippen LogP contribution in [0.4, 0.5) is 4.39 Å². The molecule has 1 amide bonds. The number of amides is 1.